The van der Waals surface area contributed by atoms with E-state index in [2.05, 4.69) is 5.32 Å². The quantitative estimate of drug-likeness (QED) is 0.766. The van der Waals surface area contributed by atoms with Gasteiger partial charge in [0.1, 0.15) is 5.75 Å². The van der Waals surface area contributed by atoms with Gasteiger partial charge in [0.05, 0.1) is 0 Å². The average molecular weight is 236 g/mol. The van der Waals surface area contributed by atoms with E-state index < -0.39 is 6.10 Å². The number of nitrogens with one attached hydrogen (secondary N) is 1. The van der Waals surface area contributed by atoms with Crippen LogP contribution < -0.4 is 15.8 Å². The standard InChI is InChI=1S/C13H20N2O2/c1-9(2)8-15-13(16)10(3)17-12-6-4-5-11(14)7-12/h4-7,9-10H,8,14H2,1-3H3,(H,15,16). The molecule has 0 aliphatic heterocycles. The van der Waals surface area contributed by atoms with E-state index in [1.165, 1.54) is 0 Å². The van der Waals surface area contributed by atoms with Gasteiger partial charge in [-0.1, -0.05) is 19.9 Å². The van der Waals surface area contributed by atoms with Gasteiger partial charge < -0.3 is 15.8 Å². The number of carbonyl (C=O) groups excluding carboxylic acids is 1. The number of hydrogen-bond donors (Lipinski definition) is 2. The second-order valence-electron chi connectivity index (χ2n) is 4.47. The Morgan fingerprint density at radius 2 is 2.12 bits per heavy atom. The van der Waals surface area contributed by atoms with Crippen LogP contribution in [0.2, 0.25) is 0 Å². The van der Waals surface area contributed by atoms with Crippen LogP contribution in [0.5, 0.6) is 5.75 Å². The summed E-state index contributed by atoms with van der Waals surface area (Å²) in [6.07, 6.45) is -0.518. The van der Waals surface area contributed by atoms with E-state index in [1.54, 1.807) is 31.2 Å². The van der Waals surface area contributed by atoms with Gasteiger partial charge in [0.2, 0.25) is 0 Å². The van der Waals surface area contributed by atoms with Gasteiger partial charge in [-0.25, -0.2) is 0 Å². The van der Waals surface area contributed by atoms with Crippen LogP contribution in [0.1, 0.15) is 20.8 Å². The van der Waals surface area contributed by atoms with E-state index >= 15 is 0 Å². The molecule has 4 heteroatoms. The van der Waals surface area contributed by atoms with Crippen molar-refractivity contribution in [3.63, 3.8) is 0 Å². The molecular formula is C13H20N2O2. The third-order valence-corrected chi connectivity index (χ3v) is 2.22. The van der Waals surface area contributed by atoms with Gasteiger partial charge in [0.25, 0.3) is 5.91 Å². The lowest BCUT2D eigenvalue weighted by molar-refractivity contribution is -0.127. The molecule has 1 rings (SSSR count). The molecule has 0 aliphatic carbocycles. The van der Waals surface area contributed by atoms with E-state index in [4.69, 9.17) is 10.5 Å². The summed E-state index contributed by atoms with van der Waals surface area (Å²) in [5.74, 6) is 0.928. The van der Waals surface area contributed by atoms with Gasteiger partial charge in [-0.05, 0) is 25.0 Å². The molecule has 17 heavy (non-hydrogen) atoms. The first kappa shape index (κ1) is 13.4. The second-order valence-corrected chi connectivity index (χ2v) is 4.47. The van der Waals surface area contributed by atoms with Gasteiger partial charge in [0, 0.05) is 18.3 Å². The number of amides is 1. The summed E-state index contributed by atoms with van der Waals surface area (Å²) in [4.78, 5) is 11.7. The highest BCUT2D eigenvalue weighted by Crippen LogP contribution is 2.15. The molecule has 1 atom stereocenters. The molecule has 1 amide bonds. The summed E-state index contributed by atoms with van der Waals surface area (Å²) in [5.41, 5.74) is 6.25. The Labute approximate surface area is 102 Å². The molecule has 0 saturated heterocycles. The number of anilines is 1. The van der Waals surface area contributed by atoms with Crippen LogP contribution in [-0.2, 0) is 4.79 Å². The van der Waals surface area contributed by atoms with Crippen molar-refractivity contribution in [1.29, 1.82) is 0 Å². The van der Waals surface area contributed by atoms with Crippen LogP contribution in [-0.4, -0.2) is 18.6 Å². The number of nitrogens with two attached hydrogens (primary N) is 1. The summed E-state index contributed by atoms with van der Waals surface area (Å²) in [6.45, 7) is 6.47. The molecule has 0 bridgehead atoms. The SMILES string of the molecule is CC(C)CNC(=O)C(C)Oc1cccc(N)c1. The number of benzene rings is 1. The zero-order valence-electron chi connectivity index (χ0n) is 10.6. The number of hydrogen-bond acceptors (Lipinski definition) is 3. The predicted molar refractivity (Wildman–Crippen MR) is 68.8 cm³/mol. The van der Waals surface area contributed by atoms with Crippen LogP contribution in [0, 0.1) is 5.92 Å². The van der Waals surface area contributed by atoms with Crippen LogP contribution in [0.15, 0.2) is 24.3 Å². The largest absolute Gasteiger partial charge is 0.481 e. The number of carbonyl (C=O) groups is 1. The summed E-state index contributed by atoms with van der Waals surface area (Å²) in [6, 6.07) is 7.05. The Bertz CT molecular complexity index is 377. The Balaban J connectivity index is 2.48. The lowest BCUT2D eigenvalue weighted by Crippen LogP contribution is -2.38. The molecule has 0 heterocycles. The Kier molecular flexibility index (Phi) is 4.82. The number of rotatable bonds is 5. The third-order valence-electron chi connectivity index (χ3n) is 2.22. The van der Waals surface area contributed by atoms with E-state index in [9.17, 15) is 4.79 Å². The fraction of sp³-hybridized carbons (Fsp3) is 0.462. The molecule has 0 fully saturated rings. The molecule has 0 radical (unpaired) electrons. The lowest BCUT2D eigenvalue weighted by Gasteiger charge is -2.15. The van der Waals surface area contributed by atoms with Crippen molar-refractivity contribution in [2.75, 3.05) is 12.3 Å². The highest BCUT2D eigenvalue weighted by molar-refractivity contribution is 5.80. The zero-order valence-corrected chi connectivity index (χ0v) is 10.6. The minimum Gasteiger partial charge on any atom is -0.481 e. The van der Waals surface area contributed by atoms with Gasteiger partial charge in [0.15, 0.2) is 6.10 Å². The van der Waals surface area contributed by atoms with Crippen LogP contribution >= 0.6 is 0 Å². The van der Waals surface area contributed by atoms with E-state index in [1.807, 2.05) is 13.8 Å². The second kappa shape index (κ2) is 6.13. The van der Waals surface area contributed by atoms with Crippen LogP contribution in [0.25, 0.3) is 0 Å². The maximum atomic E-state index is 11.7. The highest BCUT2D eigenvalue weighted by atomic mass is 16.5. The van der Waals surface area contributed by atoms with Crippen molar-refractivity contribution < 1.29 is 9.53 Å². The summed E-state index contributed by atoms with van der Waals surface area (Å²) in [7, 11) is 0. The van der Waals surface area contributed by atoms with Crippen molar-refractivity contribution >= 4 is 11.6 Å². The first-order chi connectivity index (χ1) is 7.99. The predicted octanol–water partition coefficient (Wildman–Crippen LogP) is 1.81. The van der Waals surface area contributed by atoms with Crippen molar-refractivity contribution in [3.8, 4) is 5.75 Å². The first-order valence-electron chi connectivity index (χ1n) is 5.79. The van der Waals surface area contributed by atoms with Crippen molar-refractivity contribution in [2.45, 2.75) is 26.9 Å². The fourth-order valence-corrected chi connectivity index (χ4v) is 1.29. The normalized spacial score (nSPS) is 12.2. The first-order valence-corrected chi connectivity index (χ1v) is 5.79. The molecule has 3 N–H and O–H groups in total. The smallest absolute Gasteiger partial charge is 0.260 e. The third kappa shape index (κ3) is 4.76. The summed E-state index contributed by atoms with van der Waals surface area (Å²) >= 11 is 0. The van der Waals surface area contributed by atoms with Gasteiger partial charge in [-0.3, -0.25) is 4.79 Å². The molecule has 94 valence electrons. The molecule has 0 saturated carbocycles. The molecule has 4 nitrogen and oxygen atoms in total. The number of nitrogen functional groups attached to an aromatic ring is 1. The van der Waals surface area contributed by atoms with E-state index in [0.29, 0.717) is 23.9 Å². The van der Waals surface area contributed by atoms with E-state index in [-0.39, 0.29) is 5.91 Å². The monoisotopic (exact) mass is 236 g/mol. The van der Waals surface area contributed by atoms with Gasteiger partial charge >= 0.3 is 0 Å². The maximum absolute atomic E-state index is 11.7. The Hall–Kier alpha value is -1.71. The molecule has 1 aromatic carbocycles. The van der Waals surface area contributed by atoms with Crippen molar-refractivity contribution in [2.24, 2.45) is 5.92 Å². The lowest BCUT2D eigenvalue weighted by atomic mass is 10.2. The molecule has 1 aromatic rings. The van der Waals surface area contributed by atoms with Crippen molar-refractivity contribution in [3.05, 3.63) is 24.3 Å². The van der Waals surface area contributed by atoms with E-state index in [0.717, 1.165) is 0 Å². The van der Waals surface area contributed by atoms with Gasteiger partial charge in [-0.2, -0.15) is 0 Å². The molecule has 1 unspecified atom stereocenters. The minimum absolute atomic E-state index is 0.110. The number of ether oxygens (including phenoxy) is 1. The topological polar surface area (TPSA) is 64.3 Å². The average Bonchev–Trinajstić information content (AvgIpc) is 2.25. The molecule has 0 spiro atoms. The van der Waals surface area contributed by atoms with Crippen molar-refractivity contribution in [1.82, 2.24) is 5.32 Å². The summed E-state index contributed by atoms with van der Waals surface area (Å²) < 4.78 is 5.50. The fourth-order valence-electron chi connectivity index (χ4n) is 1.29. The molecule has 0 aromatic heterocycles. The minimum atomic E-state index is -0.518. The van der Waals surface area contributed by atoms with Crippen LogP contribution in [0.4, 0.5) is 5.69 Å². The molecule has 0 aliphatic rings. The highest BCUT2D eigenvalue weighted by Gasteiger charge is 2.14. The Morgan fingerprint density at radius 1 is 1.41 bits per heavy atom. The van der Waals surface area contributed by atoms with Crippen LogP contribution in [0.3, 0.4) is 0 Å². The Morgan fingerprint density at radius 3 is 2.71 bits per heavy atom. The zero-order chi connectivity index (χ0) is 12.8. The van der Waals surface area contributed by atoms with Gasteiger partial charge in [-0.15, -0.1) is 0 Å². The summed E-state index contributed by atoms with van der Waals surface area (Å²) in [5, 5.41) is 2.82. The maximum Gasteiger partial charge on any atom is 0.260 e. The molecular weight excluding hydrogens is 216 g/mol.